The molecule has 20 heavy (non-hydrogen) atoms. The summed E-state index contributed by atoms with van der Waals surface area (Å²) in [4.78, 5) is -0.481. The van der Waals surface area contributed by atoms with Crippen LogP contribution in [0.4, 0.5) is 0 Å². The van der Waals surface area contributed by atoms with Gasteiger partial charge in [-0.05, 0) is 31.0 Å². The van der Waals surface area contributed by atoms with Gasteiger partial charge in [0.25, 0.3) is 0 Å². The third-order valence-corrected chi connectivity index (χ3v) is 6.45. The van der Waals surface area contributed by atoms with Crippen LogP contribution in [0, 0.1) is 0 Å². The van der Waals surface area contributed by atoms with Gasteiger partial charge < -0.3 is 0 Å². The minimum Gasteiger partial charge on any atom is -0.225 e. The van der Waals surface area contributed by atoms with E-state index in [4.69, 9.17) is 16.7 Å². The summed E-state index contributed by atoms with van der Waals surface area (Å²) in [6.07, 6.45) is 2.60. The van der Waals surface area contributed by atoms with E-state index in [9.17, 15) is 16.8 Å². The Bertz CT molecular complexity index is 710. The van der Waals surface area contributed by atoms with Crippen molar-refractivity contribution in [3.05, 3.63) is 23.2 Å². The molecule has 0 aliphatic carbocycles. The molecule has 1 saturated heterocycles. The molecule has 0 spiro atoms. The monoisotopic (exact) mass is 338 g/mol. The van der Waals surface area contributed by atoms with Crippen LogP contribution in [0.2, 0.25) is 5.02 Å². The molecule has 0 aromatic heterocycles. The molecule has 0 amide bonds. The Morgan fingerprint density at radius 1 is 1.05 bits per heavy atom. The maximum Gasteiger partial charge on any atom is 0.243 e. The van der Waals surface area contributed by atoms with Gasteiger partial charge in [-0.1, -0.05) is 18.0 Å². The predicted octanol–water partition coefficient (Wildman–Crippen LogP) is 1.16. The van der Waals surface area contributed by atoms with E-state index in [-0.39, 0.29) is 14.8 Å². The van der Waals surface area contributed by atoms with Crippen molar-refractivity contribution in [2.75, 3.05) is 13.1 Å². The highest BCUT2D eigenvalue weighted by molar-refractivity contribution is 7.90. The molecule has 1 aromatic rings. The normalized spacial score (nSPS) is 18.1. The van der Waals surface area contributed by atoms with E-state index < -0.39 is 20.0 Å². The second kappa shape index (κ2) is 5.61. The van der Waals surface area contributed by atoms with Gasteiger partial charge >= 0.3 is 0 Å². The van der Waals surface area contributed by atoms with Crippen molar-refractivity contribution in [2.24, 2.45) is 5.14 Å². The number of hydrogen-bond acceptors (Lipinski definition) is 4. The van der Waals surface area contributed by atoms with Crippen LogP contribution < -0.4 is 5.14 Å². The number of benzene rings is 1. The van der Waals surface area contributed by atoms with Gasteiger partial charge in [-0.25, -0.2) is 22.0 Å². The van der Waals surface area contributed by atoms with E-state index in [0.29, 0.717) is 13.1 Å². The van der Waals surface area contributed by atoms with Gasteiger partial charge in [-0.15, -0.1) is 0 Å². The number of halogens is 1. The first-order valence-electron chi connectivity index (χ1n) is 6.05. The highest BCUT2D eigenvalue weighted by atomic mass is 35.5. The largest absolute Gasteiger partial charge is 0.243 e. The van der Waals surface area contributed by atoms with Crippen LogP contribution in [0.3, 0.4) is 0 Å². The van der Waals surface area contributed by atoms with Gasteiger partial charge in [-0.3, -0.25) is 0 Å². The summed E-state index contributed by atoms with van der Waals surface area (Å²) in [5.41, 5.74) is 0. The summed E-state index contributed by atoms with van der Waals surface area (Å²) in [5, 5.41) is 4.94. The fourth-order valence-corrected chi connectivity index (χ4v) is 4.81. The fourth-order valence-electron chi connectivity index (χ4n) is 2.12. The maximum absolute atomic E-state index is 12.4. The molecule has 1 aromatic carbocycles. The molecule has 6 nitrogen and oxygen atoms in total. The molecule has 2 N–H and O–H groups in total. The zero-order valence-corrected chi connectivity index (χ0v) is 13.0. The van der Waals surface area contributed by atoms with Gasteiger partial charge in [0.05, 0.1) is 9.92 Å². The van der Waals surface area contributed by atoms with Crippen LogP contribution in [0.1, 0.15) is 19.3 Å². The Hall–Kier alpha value is -0.670. The molecular weight excluding hydrogens is 324 g/mol. The van der Waals surface area contributed by atoms with Crippen molar-refractivity contribution in [2.45, 2.75) is 29.1 Å². The molecule has 112 valence electrons. The topological polar surface area (TPSA) is 97.5 Å². The zero-order valence-electron chi connectivity index (χ0n) is 10.6. The molecule has 2 rings (SSSR count). The summed E-state index contributed by atoms with van der Waals surface area (Å²) in [7, 11) is -7.77. The number of piperidine rings is 1. The van der Waals surface area contributed by atoms with E-state index in [0.717, 1.165) is 25.3 Å². The first-order chi connectivity index (χ1) is 9.23. The quantitative estimate of drug-likeness (QED) is 0.894. The van der Waals surface area contributed by atoms with Crippen LogP contribution in [-0.2, 0) is 20.0 Å². The van der Waals surface area contributed by atoms with Gasteiger partial charge in [0.15, 0.2) is 0 Å². The Morgan fingerprint density at radius 2 is 1.65 bits per heavy atom. The van der Waals surface area contributed by atoms with E-state index in [1.807, 2.05) is 0 Å². The third-order valence-electron chi connectivity index (χ3n) is 3.16. The lowest BCUT2D eigenvalue weighted by molar-refractivity contribution is 0.346. The highest BCUT2D eigenvalue weighted by Crippen LogP contribution is 2.26. The van der Waals surface area contributed by atoms with Crippen LogP contribution in [0.25, 0.3) is 0 Å². The third kappa shape index (κ3) is 3.15. The highest BCUT2D eigenvalue weighted by Gasteiger charge is 2.27. The standard InChI is InChI=1S/C11H15ClN2O4S2/c12-10-5-4-9(8-11(10)19(13,15)16)20(17,18)14-6-2-1-3-7-14/h4-5,8H,1-3,6-7H2,(H2,13,15,16). The number of hydrogen-bond donors (Lipinski definition) is 1. The minimum atomic E-state index is -4.06. The Morgan fingerprint density at radius 3 is 2.20 bits per heavy atom. The molecule has 0 atom stereocenters. The number of sulfonamides is 2. The summed E-state index contributed by atoms with van der Waals surface area (Å²) in [6, 6.07) is 3.54. The van der Waals surface area contributed by atoms with Gasteiger partial charge in [-0.2, -0.15) is 4.31 Å². The fraction of sp³-hybridized carbons (Fsp3) is 0.455. The molecule has 0 bridgehead atoms. The molecule has 0 radical (unpaired) electrons. The van der Waals surface area contributed by atoms with Crippen molar-refractivity contribution in [3.63, 3.8) is 0 Å². The molecule has 1 heterocycles. The van der Waals surface area contributed by atoms with E-state index in [2.05, 4.69) is 0 Å². The van der Waals surface area contributed by atoms with Crippen LogP contribution >= 0.6 is 11.6 Å². The smallest absolute Gasteiger partial charge is 0.225 e. The summed E-state index contributed by atoms with van der Waals surface area (Å²) < 4.78 is 49.0. The number of rotatable bonds is 3. The predicted molar refractivity (Wildman–Crippen MR) is 75.4 cm³/mol. The SMILES string of the molecule is NS(=O)(=O)c1cc(S(=O)(=O)N2CCCCC2)ccc1Cl. The summed E-state index contributed by atoms with van der Waals surface area (Å²) >= 11 is 5.75. The number of nitrogens with two attached hydrogens (primary N) is 1. The maximum atomic E-state index is 12.4. The van der Waals surface area contributed by atoms with Crippen LogP contribution in [-0.4, -0.2) is 34.2 Å². The average Bonchev–Trinajstić information content (AvgIpc) is 2.38. The number of primary sulfonamides is 1. The molecule has 9 heteroatoms. The summed E-state index contributed by atoms with van der Waals surface area (Å²) in [6.45, 7) is 0.880. The van der Waals surface area contributed by atoms with Crippen molar-refractivity contribution in [1.29, 1.82) is 0 Å². The van der Waals surface area contributed by atoms with Gasteiger partial charge in [0.2, 0.25) is 20.0 Å². The Balaban J connectivity index is 2.47. The molecule has 1 aliphatic rings. The molecule has 1 aliphatic heterocycles. The first kappa shape index (κ1) is 15.7. The summed E-state index contributed by atoms with van der Waals surface area (Å²) in [5.74, 6) is 0. The van der Waals surface area contributed by atoms with E-state index in [1.54, 1.807) is 0 Å². The van der Waals surface area contributed by atoms with E-state index in [1.165, 1.54) is 16.4 Å². The van der Waals surface area contributed by atoms with E-state index >= 15 is 0 Å². The second-order valence-electron chi connectivity index (χ2n) is 4.60. The Labute approximate surface area is 123 Å². The van der Waals surface area contributed by atoms with Gasteiger partial charge in [0, 0.05) is 13.1 Å². The molecule has 1 fully saturated rings. The van der Waals surface area contributed by atoms with Crippen molar-refractivity contribution in [1.82, 2.24) is 4.31 Å². The lowest BCUT2D eigenvalue weighted by Crippen LogP contribution is -2.35. The second-order valence-corrected chi connectivity index (χ2v) is 8.48. The van der Waals surface area contributed by atoms with Crippen LogP contribution in [0.15, 0.2) is 28.0 Å². The first-order valence-corrected chi connectivity index (χ1v) is 9.42. The van der Waals surface area contributed by atoms with Crippen molar-refractivity contribution >= 4 is 31.6 Å². The zero-order chi connectivity index (χ0) is 15.0. The average molecular weight is 339 g/mol. The number of nitrogens with zero attached hydrogens (tertiary/aromatic N) is 1. The molecular formula is C11H15ClN2O4S2. The van der Waals surface area contributed by atoms with Crippen molar-refractivity contribution < 1.29 is 16.8 Å². The molecule has 0 unspecified atom stereocenters. The minimum absolute atomic E-state index is 0.0925. The van der Waals surface area contributed by atoms with Gasteiger partial charge in [0.1, 0.15) is 4.90 Å². The molecule has 0 saturated carbocycles. The Kier molecular flexibility index (Phi) is 4.41. The lowest BCUT2D eigenvalue weighted by atomic mass is 10.2. The lowest BCUT2D eigenvalue weighted by Gasteiger charge is -2.26. The van der Waals surface area contributed by atoms with Crippen LogP contribution in [0.5, 0.6) is 0 Å². The van der Waals surface area contributed by atoms with Crippen molar-refractivity contribution in [3.8, 4) is 0 Å².